The summed E-state index contributed by atoms with van der Waals surface area (Å²) in [6, 6.07) is 8.53. The van der Waals surface area contributed by atoms with Crippen LogP contribution in [0.2, 0.25) is 5.02 Å². The number of nitrogens with two attached hydrogens (primary N) is 1. The molecular formula is C14H14ClN3O. The summed E-state index contributed by atoms with van der Waals surface area (Å²) in [6.45, 7) is 3.69. The Hall–Kier alpha value is -2.07. The molecule has 0 unspecified atom stereocenters. The minimum Gasteiger partial charge on any atom is -0.398 e. The van der Waals surface area contributed by atoms with Gasteiger partial charge in [0.15, 0.2) is 0 Å². The maximum Gasteiger partial charge on any atom is 0.257 e. The van der Waals surface area contributed by atoms with Crippen molar-refractivity contribution in [1.29, 1.82) is 0 Å². The molecule has 19 heavy (non-hydrogen) atoms. The fraction of sp³-hybridized carbons (Fsp3) is 0.143. The first-order valence-corrected chi connectivity index (χ1v) is 6.16. The summed E-state index contributed by atoms with van der Waals surface area (Å²) >= 11 is 5.91. The Bertz CT molecular complexity index is 641. The zero-order valence-corrected chi connectivity index (χ0v) is 11.5. The molecule has 0 aliphatic carbocycles. The van der Waals surface area contributed by atoms with Crippen LogP contribution in [0.15, 0.2) is 30.3 Å². The number of anilines is 2. The van der Waals surface area contributed by atoms with E-state index in [4.69, 9.17) is 17.3 Å². The van der Waals surface area contributed by atoms with Crippen LogP contribution in [0, 0.1) is 13.8 Å². The monoisotopic (exact) mass is 275 g/mol. The Morgan fingerprint density at radius 1 is 1.26 bits per heavy atom. The molecular weight excluding hydrogens is 262 g/mol. The van der Waals surface area contributed by atoms with Crippen LogP contribution in [-0.2, 0) is 0 Å². The Kier molecular flexibility index (Phi) is 3.71. The molecule has 0 saturated carbocycles. The van der Waals surface area contributed by atoms with Crippen molar-refractivity contribution in [1.82, 2.24) is 4.98 Å². The Balaban J connectivity index is 2.23. The van der Waals surface area contributed by atoms with Gasteiger partial charge >= 0.3 is 0 Å². The number of carbonyl (C=O) groups is 1. The average Bonchev–Trinajstić information content (AvgIpc) is 2.33. The number of nitrogen functional groups attached to an aromatic ring is 1. The van der Waals surface area contributed by atoms with Crippen LogP contribution in [-0.4, -0.2) is 10.9 Å². The summed E-state index contributed by atoms with van der Waals surface area (Å²) in [7, 11) is 0. The summed E-state index contributed by atoms with van der Waals surface area (Å²) in [5.41, 5.74) is 8.81. The van der Waals surface area contributed by atoms with Crippen LogP contribution in [0.4, 0.5) is 11.4 Å². The largest absolute Gasteiger partial charge is 0.398 e. The molecule has 1 heterocycles. The van der Waals surface area contributed by atoms with Gasteiger partial charge in [-0.3, -0.25) is 9.78 Å². The van der Waals surface area contributed by atoms with E-state index < -0.39 is 0 Å². The standard InChI is InChI=1S/C14H14ClN3O/c1-8-3-5-11(9(2)17-8)14(19)18-10-4-6-13(16)12(15)7-10/h3-7H,16H2,1-2H3,(H,18,19). The third-order valence-electron chi connectivity index (χ3n) is 2.73. The second-order valence-electron chi connectivity index (χ2n) is 4.28. The second kappa shape index (κ2) is 5.28. The SMILES string of the molecule is Cc1ccc(C(=O)Nc2ccc(N)c(Cl)c2)c(C)n1. The number of aryl methyl sites for hydroxylation is 2. The molecule has 0 radical (unpaired) electrons. The van der Waals surface area contributed by atoms with Crippen molar-refractivity contribution < 1.29 is 4.79 Å². The highest BCUT2D eigenvalue weighted by Crippen LogP contribution is 2.23. The molecule has 1 aromatic heterocycles. The van der Waals surface area contributed by atoms with Gasteiger partial charge < -0.3 is 11.1 Å². The van der Waals surface area contributed by atoms with Gasteiger partial charge in [0.2, 0.25) is 0 Å². The van der Waals surface area contributed by atoms with Crippen LogP contribution in [0.3, 0.4) is 0 Å². The van der Waals surface area contributed by atoms with E-state index in [0.717, 1.165) is 5.69 Å². The molecule has 0 saturated heterocycles. The van der Waals surface area contributed by atoms with Crippen LogP contribution < -0.4 is 11.1 Å². The Labute approximate surface area is 116 Å². The molecule has 2 rings (SSSR count). The number of rotatable bonds is 2. The van der Waals surface area contributed by atoms with Gasteiger partial charge in [0.05, 0.1) is 22.0 Å². The van der Waals surface area contributed by atoms with Gasteiger partial charge in [0.1, 0.15) is 0 Å². The van der Waals surface area contributed by atoms with Crippen molar-refractivity contribution in [2.45, 2.75) is 13.8 Å². The van der Waals surface area contributed by atoms with Crippen LogP contribution >= 0.6 is 11.6 Å². The number of hydrogen-bond acceptors (Lipinski definition) is 3. The van der Waals surface area contributed by atoms with Crippen molar-refractivity contribution in [3.8, 4) is 0 Å². The predicted octanol–water partition coefficient (Wildman–Crippen LogP) is 3.19. The van der Waals surface area contributed by atoms with Crippen molar-refractivity contribution in [2.75, 3.05) is 11.1 Å². The van der Waals surface area contributed by atoms with E-state index in [-0.39, 0.29) is 5.91 Å². The summed E-state index contributed by atoms with van der Waals surface area (Å²) in [5.74, 6) is -0.217. The molecule has 3 N–H and O–H groups in total. The summed E-state index contributed by atoms with van der Waals surface area (Å²) < 4.78 is 0. The Morgan fingerprint density at radius 2 is 2.00 bits per heavy atom. The number of benzene rings is 1. The average molecular weight is 276 g/mol. The number of pyridine rings is 1. The summed E-state index contributed by atoms with van der Waals surface area (Å²) in [6.07, 6.45) is 0. The third-order valence-corrected chi connectivity index (χ3v) is 3.06. The fourth-order valence-electron chi connectivity index (χ4n) is 1.73. The zero-order valence-electron chi connectivity index (χ0n) is 10.7. The molecule has 0 spiro atoms. The van der Waals surface area contributed by atoms with Crippen LogP contribution in [0.5, 0.6) is 0 Å². The smallest absolute Gasteiger partial charge is 0.257 e. The topological polar surface area (TPSA) is 68.0 Å². The van der Waals surface area contributed by atoms with E-state index in [2.05, 4.69) is 10.3 Å². The van der Waals surface area contributed by atoms with Crippen molar-refractivity contribution >= 4 is 28.9 Å². The molecule has 2 aromatic rings. The molecule has 0 fully saturated rings. The molecule has 1 aromatic carbocycles. The molecule has 0 aliphatic rings. The van der Waals surface area contributed by atoms with E-state index in [1.165, 1.54) is 0 Å². The van der Waals surface area contributed by atoms with Gasteiger partial charge in [-0.15, -0.1) is 0 Å². The fourth-order valence-corrected chi connectivity index (χ4v) is 1.91. The van der Waals surface area contributed by atoms with E-state index >= 15 is 0 Å². The first-order chi connectivity index (χ1) is 8.97. The van der Waals surface area contributed by atoms with E-state index in [1.807, 2.05) is 6.92 Å². The quantitative estimate of drug-likeness (QED) is 0.827. The lowest BCUT2D eigenvalue weighted by atomic mass is 10.1. The molecule has 0 aliphatic heterocycles. The first kappa shape index (κ1) is 13.4. The van der Waals surface area contributed by atoms with Crippen LogP contribution in [0.25, 0.3) is 0 Å². The molecule has 4 nitrogen and oxygen atoms in total. The number of halogens is 1. The third kappa shape index (κ3) is 3.03. The highest BCUT2D eigenvalue weighted by molar-refractivity contribution is 6.33. The number of nitrogens with zero attached hydrogens (tertiary/aromatic N) is 1. The van der Waals surface area contributed by atoms with Crippen molar-refractivity contribution in [3.63, 3.8) is 0 Å². The lowest BCUT2D eigenvalue weighted by molar-refractivity contribution is 0.102. The van der Waals surface area contributed by atoms with Crippen LogP contribution in [0.1, 0.15) is 21.7 Å². The lowest BCUT2D eigenvalue weighted by Gasteiger charge is -2.08. The van der Waals surface area contributed by atoms with Gasteiger partial charge in [-0.2, -0.15) is 0 Å². The molecule has 98 valence electrons. The molecule has 0 bridgehead atoms. The minimum absolute atomic E-state index is 0.217. The van der Waals surface area contributed by atoms with E-state index in [1.54, 1.807) is 37.3 Å². The number of carbonyl (C=O) groups excluding carboxylic acids is 1. The van der Waals surface area contributed by atoms with Gasteiger partial charge in [0.25, 0.3) is 5.91 Å². The van der Waals surface area contributed by atoms with Gasteiger partial charge in [-0.05, 0) is 44.2 Å². The normalized spacial score (nSPS) is 10.3. The second-order valence-corrected chi connectivity index (χ2v) is 4.68. The molecule has 5 heteroatoms. The van der Waals surface area contributed by atoms with E-state index in [9.17, 15) is 4.79 Å². The highest BCUT2D eigenvalue weighted by atomic mass is 35.5. The minimum atomic E-state index is -0.217. The number of aromatic nitrogens is 1. The highest BCUT2D eigenvalue weighted by Gasteiger charge is 2.10. The zero-order chi connectivity index (χ0) is 14.0. The summed E-state index contributed by atoms with van der Waals surface area (Å²) in [5, 5.41) is 3.18. The maximum atomic E-state index is 12.1. The number of amides is 1. The van der Waals surface area contributed by atoms with Gasteiger partial charge in [0, 0.05) is 11.4 Å². The summed E-state index contributed by atoms with van der Waals surface area (Å²) in [4.78, 5) is 16.4. The van der Waals surface area contributed by atoms with Gasteiger partial charge in [-0.1, -0.05) is 11.6 Å². The molecule has 1 amide bonds. The number of nitrogens with one attached hydrogen (secondary N) is 1. The number of hydrogen-bond donors (Lipinski definition) is 2. The van der Waals surface area contributed by atoms with Crippen molar-refractivity contribution in [3.05, 3.63) is 52.3 Å². The molecule has 0 atom stereocenters. The van der Waals surface area contributed by atoms with Gasteiger partial charge in [-0.25, -0.2) is 0 Å². The predicted molar refractivity (Wildman–Crippen MR) is 77.5 cm³/mol. The van der Waals surface area contributed by atoms with E-state index in [0.29, 0.717) is 27.7 Å². The maximum absolute atomic E-state index is 12.1. The first-order valence-electron chi connectivity index (χ1n) is 5.78. The lowest BCUT2D eigenvalue weighted by Crippen LogP contribution is -2.14. The Morgan fingerprint density at radius 3 is 2.63 bits per heavy atom. The van der Waals surface area contributed by atoms with Crippen molar-refractivity contribution in [2.24, 2.45) is 0 Å².